The molecule has 242 valence electrons. The molecule has 5 rings (SSSR count). The molecule has 9 atom stereocenters. The number of halogens is 1. The first-order valence-electron chi connectivity index (χ1n) is 15.9. The third kappa shape index (κ3) is 5.14. The van der Waals surface area contributed by atoms with Crippen LogP contribution in [0.25, 0.3) is 0 Å². The molecule has 0 aromatic rings. The van der Waals surface area contributed by atoms with Crippen LogP contribution >= 0.6 is 0 Å². The van der Waals surface area contributed by atoms with E-state index in [-0.39, 0.29) is 25.0 Å². The minimum absolute atomic E-state index is 0.114. The highest BCUT2D eigenvalue weighted by Gasteiger charge is 2.75. The molecule has 10 nitrogen and oxygen atoms in total. The van der Waals surface area contributed by atoms with Crippen molar-refractivity contribution in [1.29, 1.82) is 0 Å². The maximum absolute atomic E-state index is 17.5. The highest BCUT2D eigenvalue weighted by atomic mass is 19.1. The number of ketones is 1. The quantitative estimate of drug-likeness (QED) is 0.226. The SMILES string of the molecule is C[C@@H]1C[C@H]2[C@@H]3CCC4=C/C(=N/NC(=O)CNC(=O)OC5C=CCCCCC5)C=C[C@]4(C)[C@@]3(F)[C@@H](O)C[C@]2(C)[C@@]1(O)C(=O)CO. The van der Waals surface area contributed by atoms with Gasteiger partial charge in [0.25, 0.3) is 5.91 Å². The largest absolute Gasteiger partial charge is 0.442 e. The van der Waals surface area contributed by atoms with Crippen molar-refractivity contribution < 1.29 is 38.8 Å². The zero-order chi connectivity index (χ0) is 31.9. The van der Waals surface area contributed by atoms with Gasteiger partial charge in [0.2, 0.25) is 0 Å². The van der Waals surface area contributed by atoms with E-state index in [0.29, 0.717) is 25.0 Å². The Morgan fingerprint density at radius 1 is 1.16 bits per heavy atom. The van der Waals surface area contributed by atoms with Crippen LogP contribution in [0, 0.1) is 28.6 Å². The van der Waals surface area contributed by atoms with Crippen molar-refractivity contribution in [2.45, 2.75) is 102 Å². The lowest BCUT2D eigenvalue weighted by Crippen LogP contribution is -2.69. The smallest absolute Gasteiger partial charge is 0.408 e. The van der Waals surface area contributed by atoms with Gasteiger partial charge in [-0.2, -0.15) is 5.10 Å². The van der Waals surface area contributed by atoms with Crippen molar-refractivity contribution in [3.05, 3.63) is 36.0 Å². The number of allylic oxidation sites excluding steroid dienone is 5. The van der Waals surface area contributed by atoms with Crippen LogP contribution in [0.1, 0.15) is 78.6 Å². The van der Waals surface area contributed by atoms with Crippen LogP contribution in [-0.2, 0) is 14.3 Å². The molecule has 3 saturated carbocycles. The van der Waals surface area contributed by atoms with Crippen LogP contribution in [-0.4, -0.2) is 75.4 Å². The molecule has 11 heteroatoms. The van der Waals surface area contributed by atoms with E-state index in [2.05, 4.69) is 15.8 Å². The molecule has 0 bridgehead atoms. The van der Waals surface area contributed by atoms with Crippen LogP contribution in [0.5, 0.6) is 0 Å². The number of hydrazone groups is 1. The second-order valence-corrected chi connectivity index (χ2v) is 13.8. The summed E-state index contributed by atoms with van der Waals surface area (Å²) in [6.45, 7) is 4.13. The maximum atomic E-state index is 17.5. The Bertz CT molecular complexity index is 1300. The van der Waals surface area contributed by atoms with Crippen LogP contribution in [0.2, 0.25) is 0 Å². The number of hydrogen-bond donors (Lipinski definition) is 5. The first-order chi connectivity index (χ1) is 20.8. The molecule has 0 aromatic carbocycles. The van der Waals surface area contributed by atoms with Gasteiger partial charge in [-0.05, 0) is 88.4 Å². The number of aliphatic hydroxyl groups excluding tert-OH is 2. The van der Waals surface area contributed by atoms with E-state index in [9.17, 15) is 29.7 Å². The van der Waals surface area contributed by atoms with Gasteiger partial charge in [-0.25, -0.2) is 14.6 Å². The van der Waals surface area contributed by atoms with E-state index < -0.39 is 64.4 Å². The lowest BCUT2D eigenvalue weighted by Gasteiger charge is -2.62. The molecule has 0 heterocycles. The zero-order valence-electron chi connectivity index (χ0n) is 25.9. The van der Waals surface area contributed by atoms with Crippen molar-refractivity contribution >= 4 is 23.5 Å². The zero-order valence-corrected chi connectivity index (χ0v) is 25.9. The Kier molecular flexibility index (Phi) is 8.96. The number of alkyl carbamates (subject to hydrolysis) is 1. The fraction of sp³-hybridized carbons (Fsp3) is 0.697. The Morgan fingerprint density at radius 3 is 2.68 bits per heavy atom. The van der Waals surface area contributed by atoms with Crippen molar-refractivity contribution in [2.75, 3.05) is 13.2 Å². The normalized spacial score (nSPS) is 42.2. The van der Waals surface area contributed by atoms with Crippen LogP contribution < -0.4 is 10.7 Å². The number of aliphatic hydroxyl groups is 3. The van der Waals surface area contributed by atoms with Gasteiger partial charge in [-0.1, -0.05) is 38.0 Å². The molecular weight excluding hydrogens is 569 g/mol. The van der Waals surface area contributed by atoms with Crippen molar-refractivity contribution in [1.82, 2.24) is 10.7 Å². The summed E-state index contributed by atoms with van der Waals surface area (Å²) in [6, 6.07) is 0. The number of rotatable bonds is 6. The number of hydrogen-bond acceptors (Lipinski definition) is 8. The molecular formula is C33H46FN3O7. The Hall–Kier alpha value is -2.89. The Morgan fingerprint density at radius 2 is 1.93 bits per heavy atom. The minimum atomic E-state index is -2.06. The van der Waals surface area contributed by atoms with Gasteiger partial charge in [0.15, 0.2) is 11.5 Å². The standard InChI is InChI=1S/C33H46FN3O7/c1-20-15-25-24-12-11-21-16-22(36-37-28(41)18-35-29(42)44-23-9-7-5-4-6-8-10-23)13-14-30(21,2)32(24,34)26(39)17-31(25,3)33(20,43)27(40)19-38/h7,9,13-14,16,20,23-26,38-39,43H,4-6,8,10-12,15,17-19H2,1-3H3,(H,35,42)(H,37,41)/b9-7?,36-22+/t20-,23?,24+,25+,26+,30+,31+,32+,33+/m1/s1. The van der Waals surface area contributed by atoms with Gasteiger partial charge in [-0.15, -0.1) is 0 Å². The van der Waals surface area contributed by atoms with Gasteiger partial charge in [-0.3, -0.25) is 9.59 Å². The molecule has 1 unspecified atom stereocenters. The Balaban J connectivity index is 1.25. The second-order valence-electron chi connectivity index (χ2n) is 13.8. The topological polar surface area (TPSA) is 158 Å². The third-order valence-electron chi connectivity index (χ3n) is 11.5. The minimum Gasteiger partial charge on any atom is -0.442 e. The predicted octanol–water partition coefficient (Wildman–Crippen LogP) is 3.41. The molecule has 0 spiro atoms. The number of carbonyl (C=O) groups is 3. The molecule has 44 heavy (non-hydrogen) atoms. The summed E-state index contributed by atoms with van der Waals surface area (Å²) in [7, 11) is 0. The Labute approximate surface area is 257 Å². The molecule has 2 amide bonds. The van der Waals surface area contributed by atoms with Crippen molar-refractivity contribution in [3.63, 3.8) is 0 Å². The average molecular weight is 616 g/mol. The number of nitrogens with zero attached hydrogens (tertiary/aromatic N) is 1. The first-order valence-corrected chi connectivity index (χ1v) is 15.9. The highest BCUT2D eigenvalue weighted by Crippen LogP contribution is 2.70. The summed E-state index contributed by atoms with van der Waals surface area (Å²) in [6.07, 6.45) is 12.6. The summed E-state index contributed by atoms with van der Waals surface area (Å²) in [5.74, 6) is -2.70. The number of nitrogens with one attached hydrogen (secondary N) is 2. The number of alkyl halides is 1. The molecule has 5 aliphatic carbocycles. The fourth-order valence-electron chi connectivity index (χ4n) is 9.07. The molecule has 3 fully saturated rings. The number of amides is 2. The molecule has 0 saturated heterocycles. The van der Waals surface area contributed by atoms with Gasteiger partial charge in [0, 0.05) is 16.7 Å². The van der Waals surface area contributed by atoms with Crippen LogP contribution in [0.15, 0.2) is 41.1 Å². The number of fused-ring (bicyclic) bond motifs is 5. The highest BCUT2D eigenvalue weighted by molar-refractivity contribution is 6.06. The van der Waals surface area contributed by atoms with Gasteiger partial charge >= 0.3 is 6.09 Å². The van der Waals surface area contributed by atoms with Gasteiger partial charge in [0.05, 0.1) is 11.8 Å². The van der Waals surface area contributed by atoms with Crippen LogP contribution in [0.3, 0.4) is 0 Å². The second kappa shape index (κ2) is 12.1. The van der Waals surface area contributed by atoms with E-state index >= 15 is 4.39 Å². The molecule has 0 radical (unpaired) electrons. The number of carbonyl (C=O) groups excluding carboxylic acids is 3. The number of Topliss-reactive ketones (excluding diaryl/α,β-unsaturated/α-hetero) is 1. The average Bonchev–Trinajstić information content (AvgIpc) is 3.17. The summed E-state index contributed by atoms with van der Waals surface area (Å²) in [4.78, 5) is 37.4. The predicted molar refractivity (Wildman–Crippen MR) is 161 cm³/mol. The van der Waals surface area contributed by atoms with Gasteiger partial charge in [0.1, 0.15) is 24.9 Å². The number of ether oxygens (including phenoxy) is 1. The third-order valence-corrected chi connectivity index (χ3v) is 11.5. The van der Waals surface area contributed by atoms with E-state index in [1.807, 2.05) is 12.2 Å². The monoisotopic (exact) mass is 615 g/mol. The summed E-state index contributed by atoms with van der Waals surface area (Å²) in [5, 5.41) is 39.3. The summed E-state index contributed by atoms with van der Waals surface area (Å²) in [5.41, 5.74) is -2.59. The van der Waals surface area contributed by atoms with Crippen molar-refractivity contribution in [2.24, 2.45) is 33.7 Å². The molecule has 0 aromatic heterocycles. The molecule has 5 N–H and O–H groups in total. The maximum Gasteiger partial charge on any atom is 0.408 e. The van der Waals surface area contributed by atoms with E-state index in [4.69, 9.17) is 4.74 Å². The van der Waals surface area contributed by atoms with Crippen LogP contribution in [0.4, 0.5) is 9.18 Å². The van der Waals surface area contributed by atoms with E-state index in [0.717, 1.165) is 37.7 Å². The summed E-state index contributed by atoms with van der Waals surface area (Å²) < 4.78 is 22.9. The summed E-state index contributed by atoms with van der Waals surface area (Å²) >= 11 is 0. The lowest BCUT2D eigenvalue weighted by atomic mass is 9.44. The molecule has 5 aliphatic rings. The van der Waals surface area contributed by atoms with E-state index in [1.54, 1.807) is 39.0 Å². The molecule has 0 aliphatic heterocycles. The van der Waals surface area contributed by atoms with Crippen molar-refractivity contribution in [3.8, 4) is 0 Å². The lowest BCUT2D eigenvalue weighted by molar-refractivity contribution is -0.219. The van der Waals surface area contributed by atoms with Gasteiger partial charge < -0.3 is 25.4 Å². The van der Waals surface area contributed by atoms with E-state index in [1.165, 1.54) is 0 Å². The first kappa shape index (κ1) is 32.5. The fourth-order valence-corrected chi connectivity index (χ4v) is 9.07.